The molecule has 2 aromatic rings. The van der Waals surface area contributed by atoms with E-state index in [1.165, 1.54) is 0 Å². The predicted molar refractivity (Wildman–Crippen MR) is 84.9 cm³/mol. The second-order valence-corrected chi connectivity index (χ2v) is 4.33. The number of carbonyl (C=O) groups is 2. The summed E-state index contributed by atoms with van der Waals surface area (Å²) in [4.78, 5) is 29.3. The van der Waals surface area contributed by atoms with Gasteiger partial charge in [0.15, 0.2) is 0 Å². The minimum Gasteiger partial charge on any atom is -0.480 e. The van der Waals surface area contributed by atoms with Gasteiger partial charge in [0.05, 0.1) is 18.0 Å². The van der Waals surface area contributed by atoms with E-state index >= 15 is 0 Å². The zero-order valence-corrected chi connectivity index (χ0v) is 13.2. The highest BCUT2D eigenvalue weighted by atomic mass is 16.5. The smallest absolute Gasteiger partial charge is 0.414 e. The Morgan fingerprint density at radius 3 is 2.13 bits per heavy atom. The van der Waals surface area contributed by atoms with E-state index in [1.54, 1.807) is 7.11 Å². The van der Waals surface area contributed by atoms with E-state index in [-0.39, 0.29) is 0 Å². The second kappa shape index (κ2) is 8.52. The van der Waals surface area contributed by atoms with E-state index in [9.17, 15) is 0 Å². The summed E-state index contributed by atoms with van der Waals surface area (Å²) >= 11 is 0. The van der Waals surface area contributed by atoms with Gasteiger partial charge < -0.3 is 19.8 Å². The van der Waals surface area contributed by atoms with Crippen LogP contribution in [-0.2, 0) is 9.59 Å². The predicted octanol–water partition coefficient (Wildman–Crippen LogP) is 1.64. The summed E-state index contributed by atoms with van der Waals surface area (Å²) in [5, 5.41) is 15.7. The Labute approximate surface area is 133 Å². The first-order valence-electron chi connectivity index (χ1n) is 6.96. The fourth-order valence-corrected chi connectivity index (χ4v) is 1.84. The largest absolute Gasteiger partial charge is 0.480 e. The number of para-hydroxylation sites is 1. The summed E-state index contributed by atoms with van der Waals surface area (Å²) in [6, 6.07) is 7.89. The number of aliphatic carboxylic acids is 2. The summed E-state index contributed by atoms with van der Waals surface area (Å²) in [6.07, 6.45) is 0. The van der Waals surface area contributed by atoms with Gasteiger partial charge in [-0.05, 0) is 26.0 Å². The molecular weight excluding hydrogens is 302 g/mol. The zero-order chi connectivity index (χ0) is 17.4. The number of methoxy groups -OCH3 is 1. The van der Waals surface area contributed by atoms with Crippen LogP contribution in [0.3, 0.4) is 0 Å². The topological polar surface area (TPSA) is 113 Å². The van der Waals surface area contributed by atoms with Gasteiger partial charge in [-0.15, -0.1) is 0 Å². The van der Waals surface area contributed by atoms with Gasteiger partial charge >= 0.3 is 11.9 Å². The third kappa shape index (κ3) is 4.80. The molecule has 0 unspecified atom stereocenters. The number of nitrogens with zero attached hydrogens (tertiary/aromatic N) is 3. The van der Waals surface area contributed by atoms with Crippen molar-refractivity contribution in [1.29, 1.82) is 0 Å². The van der Waals surface area contributed by atoms with Crippen LogP contribution in [0.2, 0.25) is 0 Å². The van der Waals surface area contributed by atoms with Gasteiger partial charge in [0.25, 0.3) is 0 Å². The van der Waals surface area contributed by atoms with Gasteiger partial charge in [-0.3, -0.25) is 0 Å². The average Bonchev–Trinajstić information content (AvgIpc) is 2.55. The molecule has 124 valence electrons. The van der Waals surface area contributed by atoms with Gasteiger partial charge in [-0.25, -0.2) is 14.6 Å². The Hall–Kier alpha value is -2.90. The highest BCUT2D eigenvalue weighted by Gasteiger charge is 2.11. The summed E-state index contributed by atoms with van der Waals surface area (Å²) in [5.74, 6) is -2.28. The van der Waals surface area contributed by atoms with Crippen LogP contribution in [-0.4, -0.2) is 52.3 Å². The maximum atomic E-state index is 9.10. The lowest BCUT2D eigenvalue weighted by Crippen LogP contribution is -2.24. The zero-order valence-electron chi connectivity index (χ0n) is 13.2. The number of rotatable bonds is 4. The molecule has 0 saturated carbocycles. The molecule has 1 heterocycles. The van der Waals surface area contributed by atoms with Crippen molar-refractivity contribution in [3.63, 3.8) is 0 Å². The first kappa shape index (κ1) is 18.1. The molecule has 0 radical (unpaired) electrons. The lowest BCUT2D eigenvalue weighted by molar-refractivity contribution is -0.159. The summed E-state index contributed by atoms with van der Waals surface area (Å²) < 4.78 is 5.33. The molecule has 23 heavy (non-hydrogen) atoms. The lowest BCUT2D eigenvalue weighted by atomic mass is 10.2. The SMILES string of the molecule is CCN(CC)c1nc(OC)c2ccccc2n1.O=C(O)C(=O)O. The van der Waals surface area contributed by atoms with Crippen molar-refractivity contribution < 1.29 is 24.5 Å². The third-order valence-corrected chi connectivity index (χ3v) is 2.98. The number of carboxylic acids is 2. The fourth-order valence-electron chi connectivity index (χ4n) is 1.84. The standard InChI is InChI=1S/C13H17N3O.C2H2O4/c1-4-16(5-2)13-14-11-9-7-6-8-10(11)12(15-13)17-3;3-1(4)2(5)6/h6-9H,4-5H2,1-3H3;(H,3,4)(H,5,6). The number of ether oxygens (including phenoxy) is 1. The normalized spacial score (nSPS) is 9.70. The molecule has 0 saturated heterocycles. The number of hydrogen-bond donors (Lipinski definition) is 2. The number of carboxylic acid groups (broad SMARTS) is 2. The van der Waals surface area contributed by atoms with Gasteiger partial charge in [0, 0.05) is 13.1 Å². The second-order valence-electron chi connectivity index (χ2n) is 4.33. The maximum Gasteiger partial charge on any atom is 0.414 e. The van der Waals surface area contributed by atoms with Crippen LogP contribution in [0.1, 0.15) is 13.8 Å². The van der Waals surface area contributed by atoms with E-state index in [0.717, 1.165) is 29.9 Å². The van der Waals surface area contributed by atoms with Crippen molar-refractivity contribution in [2.75, 3.05) is 25.1 Å². The molecule has 0 atom stereocenters. The molecule has 2 rings (SSSR count). The minimum atomic E-state index is -1.82. The average molecular weight is 321 g/mol. The molecule has 1 aromatic carbocycles. The number of hydrogen-bond acceptors (Lipinski definition) is 6. The Kier molecular flexibility index (Phi) is 6.72. The Bertz CT molecular complexity index is 674. The van der Waals surface area contributed by atoms with Crippen molar-refractivity contribution in [3.8, 4) is 5.88 Å². The number of benzene rings is 1. The van der Waals surface area contributed by atoms with E-state index in [2.05, 4.69) is 28.7 Å². The van der Waals surface area contributed by atoms with Crippen LogP contribution >= 0.6 is 0 Å². The monoisotopic (exact) mass is 321 g/mol. The van der Waals surface area contributed by atoms with E-state index in [1.807, 2.05) is 24.3 Å². The van der Waals surface area contributed by atoms with Crippen LogP contribution in [0.25, 0.3) is 10.9 Å². The molecule has 8 heteroatoms. The highest BCUT2D eigenvalue weighted by Crippen LogP contribution is 2.24. The maximum absolute atomic E-state index is 9.10. The molecule has 0 bridgehead atoms. The van der Waals surface area contributed by atoms with Crippen molar-refractivity contribution in [2.45, 2.75) is 13.8 Å². The van der Waals surface area contributed by atoms with E-state index in [0.29, 0.717) is 5.88 Å². The van der Waals surface area contributed by atoms with Crippen molar-refractivity contribution >= 4 is 28.8 Å². The van der Waals surface area contributed by atoms with E-state index in [4.69, 9.17) is 24.5 Å². The number of fused-ring (bicyclic) bond motifs is 1. The van der Waals surface area contributed by atoms with Crippen LogP contribution in [0, 0.1) is 0 Å². The summed E-state index contributed by atoms with van der Waals surface area (Å²) in [5.41, 5.74) is 0.918. The molecular formula is C15H19N3O5. The summed E-state index contributed by atoms with van der Waals surface area (Å²) in [6.45, 7) is 5.96. The van der Waals surface area contributed by atoms with Gasteiger partial charge in [-0.1, -0.05) is 12.1 Å². The fraction of sp³-hybridized carbons (Fsp3) is 0.333. The van der Waals surface area contributed by atoms with Crippen LogP contribution < -0.4 is 9.64 Å². The Morgan fingerprint density at radius 2 is 1.65 bits per heavy atom. The molecule has 1 aromatic heterocycles. The Morgan fingerprint density at radius 1 is 1.09 bits per heavy atom. The van der Waals surface area contributed by atoms with Crippen LogP contribution in [0.5, 0.6) is 5.88 Å². The van der Waals surface area contributed by atoms with E-state index < -0.39 is 11.9 Å². The van der Waals surface area contributed by atoms with Crippen molar-refractivity contribution in [1.82, 2.24) is 9.97 Å². The minimum absolute atomic E-state index is 0.637. The lowest BCUT2D eigenvalue weighted by Gasteiger charge is -2.19. The first-order valence-corrected chi connectivity index (χ1v) is 6.96. The number of aromatic nitrogens is 2. The van der Waals surface area contributed by atoms with Crippen molar-refractivity contribution in [3.05, 3.63) is 24.3 Å². The molecule has 2 N–H and O–H groups in total. The highest BCUT2D eigenvalue weighted by molar-refractivity contribution is 6.27. The third-order valence-electron chi connectivity index (χ3n) is 2.98. The molecule has 0 aliphatic heterocycles. The molecule has 0 amide bonds. The molecule has 0 aliphatic carbocycles. The molecule has 0 fully saturated rings. The summed E-state index contributed by atoms with van der Waals surface area (Å²) in [7, 11) is 1.64. The first-order chi connectivity index (χ1) is 10.9. The van der Waals surface area contributed by atoms with Gasteiger partial charge in [0.1, 0.15) is 0 Å². The van der Waals surface area contributed by atoms with Crippen LogP contribution in [0.4, 0.5) is 5.95 Å². The Balaban J connectivity index is 0.000000379. The molecule has 0 spiro atoms. The quantitative estimate of drug-likeness (QED) is 0.817. The molecule has 0 aliphatic rings. The number of anilines is 1. The van der Waals surface area contributed by atoms with Gasteiger partial charge in [0.2, 0.25) is 11.8 Å². The van der Waals surface area contributed by atoms with Crippen molar-refractivity contribution in [2.24, 2.45) is 0 Å². The molecule has 8 nitrogen and oxygen atoms in total. The van der Waals surface area contributed by atoms with Crippen LogP contribution in [0.15, 0.2) is 24.3 Å². The van der Waals surface area contributed by atoms with Gasteiger partial charge in [-0.2, -0.15) is 4.98 Å².